The average molecular weight is 380 g/mol. The Bertz CT molecular complexity index is 968. The number of pyridine rings is 2. The lowest BCUT2D eigenvalue weighted by molar-refractivity contribution is 0.227. The number of aromatic nitrogens is 3. The number of aryl methyl sites for hydroxylation is 3. The Morgan fingerprint density at radius 3 is 2.39 bits per heavy atom. The maximum Gasteiger partial charge on any atom is 0.0917 e. The minimum Gasteiger partial charge on any atom is -0.394 e. The van der Waals surface area contributed by atoms with Crippen molar-refractivity contribution in [2.75, 3.05) is 6.61 Å². The molecular formula is C24H33N3O. The van der Waals surface area contributed by atoms with E-state index in [2.05, 4.69) is 70.5 Å². The maximum atomic E-state index is 9.80. The highest BCUT2D eigenvalue weighted by Crippen LogP contribution is 2.32. The van der Waals surface area contributed by atoms with E-state index < -0.39 is 0 Å². The summed E-state index contributed by atoms with van der Waals surface area (Å²) in [4.78, 5) is 10.1. The number of hydrogen-bond donors (Lipinski definition) is 1. The topological polar surface area (TPSA) is 50.9 Å². The maximum absolute atomic E-state index is 9.80. The Balaban J connectivity index is 2.24. The fraction of sp³-hybridized carbons (Fsp3) is 0.500. The number of rotatable bonds is 7. The highest BCUT2D eigenvalue weighted by Gasteiger charge is 2.19. The molecule has 3 rings (SSSR count). The van der Waals surface area contributed by atoms with E-state index in [-0.39, 0.29) is 12.6 Å². The van der Waals surface area contributed by atoms with Crippen LogP contribution in [0.15, 0.2) is 24.4 Å². The van der Waals surface area contributed by atoms with Crippen molar-refractivity contribution in [1.82, 2.24) is 14.5 Å². The van der Waals surface area contributed by atoms with Gasteiger partial charge in [-0.2, -0.15) is 0 Å². The van der Waals surface area contributed by atoms with E-state index in [1.807, 2.05) is 0 Å². The van der Waals surface area contributed by atoms with Gasteiger partial charge in [0.05, 0.1) is 29.4 Å². The summed E-state index contributed by atoms with van der Waals surface area (Å²) in [5, 5.41) is 9.80. The van der Waals surface area contributed by atoms with Gasteiger partial charge in [-0.3, -0.25) is 4.98 Å². The highest BCUT2D eigenvalue weighted by molar-refractivity contribution is 5.84. The van der Waals surface area contributed by atoms with Gasteiger partial charge in [-0.1, -0.05) is 34.6 Å². The van der Waals surface area contributed by atoms with Crippen LogP contribution in [0.4, 0.5) is 0 Å². The van der Waals surface area contributed by atoms with Crippen molar-refractivity contribution in [2.24, 2.45) is 0 Å². The summed E-state index contributed by atoms with van der Waals surface area (Å²) in [5.74, 6) is 0.418. The molecule has 1 atom stereocenters. The first-order chi connectivity index (χ1) is 13.4. The predicted molar refractivity (Wildman–Crippen MR) is 117 cm³/mol. The van der Waals surface area contributed by atoms with Gasteiger partial charge >= 0.3 is 0 Å². The van der Waals surface area contributed by atoms with Gasteiger partial charge < -0.3 is 9.67 Å². The van der Waals surface area contributed by atoms with Gasteiger partial charge in [0.15, 0.2) is 0 Å². The van der Waals surface area contributed by atoms with E-state index in [0.29, 0.717) is 5.92 Å². The van der Waals surface area contributed by atoms with E-state index in [1.165, 1.54) is 5.56 Å². The molecule has 150 valence electrons. The van der Waals surface area contributed by atoms with Crippen LogP contribution >= 0.6 is 0 Å². The third kappa shape index (κ3) is 3.58. The quantitative estimate of drug-likeness (QED) is 0.581. The third-order valence-corrected chi connectivity index (χ3v) is 5.70. The van der Waals surface area contributed by atoms with E-state index in [9.17, 15) is 5.11 Å². The van der Waals surface area contributed by atoms with E-state index >= 15 is 0 Å². The minimum atomic E-state index is 0.0896. The first-order valence-electron chi connectivity index (χ1n) is 10.6. The zero-order valence-corrected chi connectivity index (χ0v) is 18.1. The second-order valence-corrected chi connectivity index (χ2v) is 7.92. The van der Waals surface area contributed by atoms with Gasteiger partial charge in [0.1, 0.15) is 0 Å². The van der Waals surface area contributed by atoms with Gasteiger partial charge in [-0.05, 0) is 61.4 Å². The van der Waals surface area contributed by atoms with E-state index in [4.69, 9.17) is 9.97 Å². The Hall–Kier alpha value is -2.20. The van der Waals surface area contributed by atoms with Crippen LogP contribution in [0.3, 0.4) is 0 Å². The predicted octanol–water partition coefficient (Wildman–Crippen LogP) is 5.60. The number of hydrogen-bond acceptors (Lipinski definition) is 3. The smallest absolute Gasteiger partial charge is 0.0917 e. The summed E-state index contributed by atoms with van der Waals surface area (Å²) in [5.41, 5.74) is 8.96. The number of aliphatic hydroxyl groups excluding tert-OH is 1. The third-order valence-electron chi connectivity index (χ3n) is 5.70. The van der Waals surface area contributed by atoms with Gasteiger partial charge in [0.2, 0.25) is 0 Å². The van der Waals surface area contributed by atoms with Crippen molar-refractivity contribution in [3.8, 4) is 11.3 Å². The molecule has 3 aromatic rings. The molecule has 3 aromatic heterocycles. The van der Waals surface area contributed by atoms with Gasteiger partial charge in [0.25, 0.3) is 0 Å². The molecule has 0 aliphatic carbocycles. The normalized spacial score (nSPS) is 12.9. The first kappa shape index (κ1) is 20.5. The molecule has 0 bridgehead atoms. The Kier molecular flexibility index (Phi) is 6.19. The SMILES string of the molecule is CCc1cc2c(nc1-c1ccc(C(C)C)nc1CC)c(C)cn2[C@H](CC)CO. The summed E-state index contributed by atoms with van der Waals surface area (Å²) < 4.78 is 2.20. The van der Waals surface area contributed by atoms with E-state index in [0.717, 1.165) is 58.5 Å². The number of nitrogens with zero attached hydrogens (tertiary/aromatic N) is 3. The van der Waals surface area contributed by atoms with Crippen LogP contribution in [0.2, 0.25) is 0 Å². The molecule has 0 aromatic carbocycles. The molecule has 0 aliphatic rings. The fourth-order valence-electron chi connectivity index (χ4n) is 3.91. The zero-order chi connectivity index (χ0) is 20.4. The largest absolute Gasteiger partial charge is 0.394 e. The summed E-state index contributed by atoms with van der Waals surface area (Å²) in [6, 6.07) is 6.69. The lowest BCUT2D eigenvalue weighted by Gasteiger charge is -2.17. The summed E-state index contributed by atoms with van der Waals surface area (Å²) in [6.07, 6.45) is 4.82. The molecule has 0 saturated carbocycles. The van der Waals surface area contributed by atoms with Crippen molar-refractivity contribution in [2.45, 2.75) is 72.8 Å². The van der Waals surface area contributed by atoms with Gasteiger partial charge in [-0.25, -0.2) is 4.98 Å². The number of fused-ring (bicyclic) bond motifs is 1. The number of aliphatic hydroxyl groups is 1. The molecule has 0 spiro atoms. The van der Waals surface area contributed by atoms with Crippen LogP contribution in [0.1, 0.15) is 75.5 Å². The van der Waals surface area contributed by atoms with Crippen molar-refractivity contribution in [3.05, 3.63) is 46.9 Å². The average Bonchev–Trinajstić information content (AvgIpc) is 3.03. The van der Waals surface area contributed by atoms with Crippen molar-refractivity contribution >= 4 is 11.0 Å². The molecule has 0 amide bonds. The van der Waals surface area contributed by atoms with E-state index in [1.54, 1.807) is 0 Å². The molecule has 4 heteroatoms. The van der Waals surface area contributed by atoms with Crippen LogP contribution < -0.4 is 0 Å². The fourth-order valence-corrected chi connectivity index (χ4v) is 3.91. The Labute approximate surface area is 168 Å². The van der Waals surface area contributed by atoms with Crippen molar-refractivity contribution in [1.29, 1.82) is 0 Å². The molecule has 4 nitrogen and oxygen atoms in total. The standard InChI is InChI=1S/C24H33N3O/c1-7-17-12-22-23(16(6)13-27(22)18(8-2)14-28)26-24(17)19-10-11-21(15(4)5)25-20(19)9-3/h10-13,15,18,28H,7-9,14H2,1-6H3/t18-/m1/s1. The van der Waals surface area contributed by atoms with Crippen molar-refractivity contribution < 1.29 is 5.11 Å². The molecule has 0 fully saturated rings. The Morgan fingerprint density at radius 2 is 1.82 bits per heavy atom. The lowest BCUT2D eigenvalue weighted by Crippen LogP contribution is -2.11. The molecule has 0 unspecified atom stereocenters. The molecule has 28 heavy (non-hydrogen) atoms. The molecule has 0 saturated heterocycles. The van der Waals surface area contributed by atoms with Crippen LogP contribution in [-0.4, -0.2) is 26.2 Å². The van der Waals surface area contributed by atoms with Crippen molar-refractivity contribution in [3.63, 3.8) is 0 Å². The molecule has 0 aliphatic heterocycles. The summed E-state index contributed by atoms with van der Waals surface area (Å²) in [6.45, 7) is 13.1. The molecule has 3 heterocycles. The van der Waals surface area contributed by atoms with Gasteiger partial charge in [0, 0.05) is 23.1 Å². The second kappa shape index (κ2) is 8.44. The van der Waals surface area contributed by atoms with Gasteiger partial charge in [-0.15, -0.1) is 0 Å². The van der Waals surface area contributed by atoms with Crippen LogP contribution in [-0.2, 0) is 12.8 Å². The minimum absolute atomic E-state index is 0.0896. The zero-order valence-electron chi connectivity index (χ0n) is 18.1. The molecule has 0 radical (unpaired) electrons. The summed E-state index contributed by atoms with van der Waals surface area (Å²) in [7, 11) is 0. The Morgan fingerprint density at radius 1 is 1.07 bits per heavy atom. The van der Waals surface area contributed by atoms with Crippen LogP contribution in [0.25, 0.3) is 22.3 Å². The lowest BCUT2D eigenvalue weighted by atomic mass is 9.98. The van der Waals surface area contributed by atoms with Crippen LogP contribution in [0, 0.1) is 6.92 Å². The summed E-state index contributed by atoms with van der Waals surface area (Å²) >= 11 is 0. The monoisotopic (exact) mass is 379 g/mol. The first-order valence-corrected chi connectivity index (χ1v) is 10.6. The molecular weight excluding hydrogens is 346 g/mol. The highest BCUT2D eigenvalue weighted by atomic mass is 16.3. The van der Waals surface area contributed by atoms with Crippen LogP contribution in [0.5, 0.6) is 0 Å². The second-order valence-electron chi connectivity index (χ2n) is 7.92. The molecule has 1 N–H and O–H groups in total.